The standard InChI is InChI=1S/C8H13N/c1-7-3-4-8(2,5-7)6-9/h7H,3-5H2,1-2H3. The van der Waals surface area contributed by atoms with Crippen LogP contribution in [-0.4, -0.2) is 0 Å². The summed E-state index contributed by atoms with van der Waals surface area (Å²) in [5, 5.41) is 8.69. The van der Waals surface area contributed by atoms with Crippen molar-refractivity contribution in [3.63, 3.8) is 0 Å². The summed E-state index contributed by atoms with van der Waals surface area (Å²) in [5.74, 6) is 0.773. The van der Waals surface area contributed by atoms with E-state index in [0.29, 0.717) is 0 Å². The second-order valence-electron chi connectivity index (χ2n) is 3.52. The summed E-state index contributed by atoms with van der Waals surface area (Å²) < 4.78 is 0. The van der Waals surface area contributed by atoms with Crippen molar-refractivity contribution in [3.8, 4) is 6.07 Å². The molecule has 1 heteroatoms. The van der Waals surface area contributed by atoms with Crippen molar-refractivity contribution >= 4 is 0 Å². The second kappa shape index (κ2) is 2.02. The van der Waals surface area contributed by atoms with Crippen LogP contribution in [0.25, 0.3) is 0 Å². The Bertz CT molecular complexity index is 145. The molecule has 0 aromatic carbocycles. The predicted molar refractivity (Wildman–Crippen MR) is 36.7 cm³/mol. The third-order valence-electron chi connectivity index (χ3n) is 2.26. The molecule has 2 unspecified atom stereocenters. The first-order valence-corrected chi connectivity index (χ1v) is 3.57. The Morgan fingerprint density at radius 2 is 2.33 bits per heavy atom. The Hall–Kier alpha value is -0.510. The van der Waals surface area contributed by atoms with Gasteiger partial charge in [0.1, 0.15) is 0 Å². The van der Waals surface area contributed by atoms with Gasteiger partial charge in [0, 0.05) is 0 Å². The van der Waals surface area contributed by atoms with Crippen molar-refractivity contribution in [2.75, 3.05) is 0 Å². The summed E-state index contributed by atoms with van der Waals surface area (Å²) in [6, 6.07) is 2.37. The van der Waals surface area contributed by atoms with E-state index >= 15 is 0 Å². The number of nitrogens with zero attached hydrogens (tertiary/aromatic N) is 1. The highest BCUT2D eigenvalue weighted by molar-refractivity contribution is 5.00. The van der Waals surface area contributed by atoms with E-state index in [9.17, 15) is 0 Å². The van der Waals surface area contributed by atoms with Gasteiger partial charge in [-0.1, -0.05) is 6.92 Å². The maximum atomic E-state index is 8.69. The molecule has 9 heavy (non-hydrogen) atoms. The molecule has 0 spiro atoms. The highest BCUT2D eigenvalue weighted by Crippen LogP contribution is 2.40. The lowest BCUT2D eigenvalue weighted by Crippen LogP contribution is -2.06. The Morgan fingerprint density at radius 3 is 2.56 bits per heavy atom. The van der Waals surface area contributed by atoms with E-state index in [2.05, 4.69) is 19.9 Å². The SMILES string of the molecule is CC1CCC(C)(C#N)C1. The molecule has 0 radical (unpaired) electrons. The number of nitriles is 1. The van der Waals surface area contributed by atoms with Crippen molar-refractivity contribution in [1.29, 1.82) is 5.26 Å². The van der Waals surface area contributed by atoms with Gasteiger partial charge in [0.15, 0.2) is 0 Å². The maximum absolute atomic E-state index is 8.69. The first-order valence-electron chi connectivity index (χ1n) is 3.57. The third-order valence-corrected chi connectivity index (χ3v) is 2.26. The van der Waals surface area contributed by atoms with Crippen molar-refractivity contribution in [3.05, 3.63) is 0 Å². The van der Waals surface area contributed by atoms with Gasteiger partial charge in [0.05, 0.1) is 11.5 Å². The lowest BCUT2D eigenvalue weighted by Gasteiger charge is -2.11. The lowest BCUT2D eigenvalue weighted by atomic mass is 9.90. The summed E-state index contributed by atoms with van der Waals surface area (Å²) in [5.41, 5.74) is 0.0133. The largest absolute Gasteiger partial charge is 0.198 e. The molecule has 0 N–H and O–H groups in total. The zero-order valence-corrected chi connectivity index (χ0v) is 6.15. The molecule has 0 saturated heterocycles. The van der Waals surface area contributed by atoms with Gasteiger partial charge in [-0.15, -0.1) is 0 Å². The predicted octanol–water partition coefficient (Wildman–Crippen LogP) is 2.34. The van der Waals surface area contributed by atoms with Crippen molar-refractivity contribution in [2.45, 2.75) is 33.1 Å². The lowest BCUT2D eigenvalue weighted by molar-refractivity contribution is 0.439. The van der Waals surface area contributed by atoms with Crippen LogP contribution in [0.15, 0.2) is 0 Å². The van der Waals surface area contributed by atoms with Gasteiger partial charge in [-0.25, -0.2) is 0 Å². The summed E-state index contributed by atoms with van der Waals surface area (Å²) in [7, 11) is 0. The molecule has 50 valence electrons. The normalized spacial score (nSPS) is 42.6. The van der Waals surface area contributed by atoms with Crippen LogP contribution in [-0.2, 0) is 0 Å². The van der Waals surface area contributed by atoms with E-state index < -0.39 is 0 Å². The molecule has 0 aromatic rings. The van der Waals surface area contributed by atoms with E-state index in [-0.39, 0.29) is 5.41 Å². The Balaban J connectivity index is 2.58. The molecule has 0 aromatic heterocycles. The van der Waals surface area contributed by atoms with Gasteiger partial charge >= 0.3 is 0 Å². The van der Waals surface area contributed by atoms with Crippen LogP contribution in [0.5, 0.6) is 0 Å². The fourth-order valence-corrected chi connectivity index (χ4v) is 1.64. The van der Waals surface area contributed by atoms with Crippen molar-refractivity contribution in [1.82, 2.24) is 0 Å². The molecule has 1 aliphatic rings. The van der Waals surface area contributed by atoms with Gasteiger partial charge in [0.2, 0.25) is 0 Å². The molecular weight excluding hydrogens is 110 g/mol. The molecular formula is C8H13N. The number of rotatable bonds is 0. The summed E-state index contributed by atoms with van der Waals surface area (Å²) in [6.45, 7) is 4.29. The molecule has 2 atom stereocenters. The number of hydrogen-bond acceptors (Lipinski definition) is 1. The van der Waals surface area contributed by atoms with Crippen molar-refractivity contribution in [2.24, 2.45) is 11.3 Å². The average Bonchev–Trinajstić information content (AvgIpc) is 2.13. The minimum atomic E-state index is 0.0133. The van der Waals surface area contributed by atoms with Gasteiger partial charge < -0.3 is 0 Å². The second-order valence-corrected chi connectivity index (χ2v) is 3.52. The van der Waals surface area contributed by atoms with Crippen LogP contribution < -0.4 is 0 Å². The monoisotopic (exact) mass is 123 g/mol. The molecule has 0 amide bonds. The van der Waals surface area contributed by atoms with Crippen LogP contribution in [0.3, 0.4) is 0 Å². The van der Waals surface area contributed by atoms with Crippen LogP contribution in [0.4, 0.5) is 0 Å². The van der Waals surface area contributed by atoms with E-state index in [1.54, 1.807) is 0 Å². The van der Waals surface area contributed by atoms with Crippen LogP contribution >= 0.6 is 0 Å². The summed E-state index contributed by atoms with van der Waals surface area (Å²) >= 11 is 0. The Kier molecular flexibility index (Phi) is 1.48. The smallest absolute Gasteiger partial charge is 0.0686 e. The van der Waals surface area contributed by atoms with Gasteiger partial charge in [-0.05, 0) is 32.1 Å². The fourth-order valence-electron chi connectivity index (χ4n) is 1.64. The highest BCUT2D eigenvalue weighted by Gasteiger charge is 2.32. The molecule has 1 fully saturated rings. The molecule has 0 aliphatic heterocycles. The minimum absolute atomic E-state index is 0.0133. The molecule has 1 rings (SSSR count). The topological polar surface area (TPSA) is 23.8 Å². The highest BCUT2D eigenvalue weighted by atomic mass is 14.4. The fraction of sp³-hybridized carbons (Fsp3) is 0.875. The van der Waals surface area contributed by atoms with E-state index in [1.165, 1.54) is 6.42 Å². The Labute approximate surface area is 56.7 Å². The number of hydrogen-bond donors (Lipinski definition) is 0. The van der Waals surface area contributed by atoms with Crippen LogP contribution in [0, 0.1) is 22.7 Å². The van der Waals surface area contributed by atoms with Gasteiger partial charge in [-0.3, -0.25) is 0 Å². The summed E-state index contributed by atoms with van der Waals surface area (Å²) in [4.78, 5) is 0. The third kappa shape index (κ3) is 1.24. The van der Waals surface area contributed by atoms with Crippen molar-refractivity contribution < 1.29 is 0 Å². The molecule has 1 nitrogen and oxygen atoms in total. The van der Waals surface area contributed by atoms with E-state index in [1.807, 2.05) is 0 Å². The van der Waals surface area contributed by atoms with Crippen LogP contribution in [0.1, 0.15) is 33.1 Å². The zero-order chi connectivity index (χ0) is 6.91. The van der Waals surface area contributed by atoms with E-state index in [0.717, 1.165) is 18.8 Å². The van der Waals surface area contributed by atoms with Gasteiger partial charge in [-0.2, -0.15) is 5.26 Å². The first kappa shape index (κ1) is 6.61. The maximum Gasteiger partial charge on any atom is 0.0686 e. The minimum Gasteiger partial charge on any atom is -0.198 e. The zero-order valence-electron chi connectivity index (χ0n) is 6.15. The molecule has 0 bridgehead atoms. The average molecular weight is 123 g/mol. The molecule has 1 aliphatic carbocycles. The quantitative estimate of drug-likeness (QED) is 0.485. The van der Waals surface area contributed by atoms with Gasteiger partial charge in [0.25, 0.3) is 0 Å². The first-order chi connectivity index (χ1) is 4.16. The molecule has 0 heterocycles. The molecule has 1 saturated carbocycles. The Morgan fingerprint density at radius 1 is 1.67 bits per heavy atom. The van der Waals surface area contributed by atoms with Crippen LogP contribution in [0.2, 0.25) is 0 Å². The van der Waals surface area contributed by atoms with E-state index in [4.69, 9.17) is 5.26 Å². The summed E-state index contributed by atoms with van der Waals surface area (Å²) in [6.07, 6.45) is 3.44.